The van der Waals surface area contributed by atoms with Crippen LogP contribution < -0.4 is 0 Å². The molecule has 0 aromatic rings. The van der Waals surface area contributed by atoms with E-state index in [1.807, 2.05) is 0 Å². The van der Waals surface area contributed by atoms with Crippen molar-refractivity contribution in [1.29, 1.82) is 0 Å². The number of rotatable bonds is 61. The Kier molecular flexibility index (Phi) is 61.1. The van der Waals surface area contributed by atoms with Crippen molar-refractivity contribution >= 4 is 17.9 Å². The maximum atomic E-state index is 12.9. The summed E-state index contributed by atoms with van der Waals surface area (Å²) in [5.41, 5.74) is 0. The molecule has 0 rings (SSSR count). The van der Waals surface area contributed by atoms with Crippen molar-refractivity contribution in [1.82, 2.24) is 0 Å². The monoisotopic (exact) mass is 1040 g/mol. The quantitative estimate of drug-likeness (QED) is 0.0261. The Morgan fingerprint density at radius 1 is 0.270 bits per heavy atom. The van der Waals surface area contributed by atoms with Crippen LogP contribution >= 0.6 is 0 Å². The average molecular weight is 1040 g/mol. The fourth-order valence-corrected chi connectivity index (χ4v) is 9.88. The molecule has 0 amide bonds. The molecular formula is C68H126O6. The second-order valence-corrected chi connectivity index (χ2v) is 22.4. The molecular weight excluding hydrogens is 913 g/mol. The van der Waals surface area contributed by atoms with Gasteiger partial charge in [-0.15, -0.1) is 0 Å². The molecule has 0 radical (unpaired) electrons. The normalized spacial score (nSPS) is 12.2. The molecule has 0 aromatic carbocycles. The van der Waals surface area contributed by atoms with Crippen LogP contribution in [0.15, 0.2) is 36.5 Å². The van der Waals surface area contributed by atoms with Crippen LogP contribution in [0.2, 0.25) is 0 Å². The van der Waals surface area contributed by atoms with Crippen molar-refractivity contribution in [3.63, 3.8) is 0 Å². The number of hydrogen-bond donors (Lipinski definition) is 0. The molecule has 0 fully saturated rings. The topological polar surface area (TPSA) is 78.9 Å². The van der Waals surface area contributed by atoms with E-state index < -0.39 is 6.10 Å². The molecule has 0 aliphatic carbocycles. The van der Waals surface area contributed by atoms with Crippen LogP contribution in [0.1, 0.15) is 361 Å². The van der Waals surface area contributed by atoms with Crippen LogP contribution in [0.3, 0.4) is 0 Å². The summed E-state index contributed by atoms with van der Waals surface area (Å²) in [6.45, 7) is 6.66. The Labute approximate surface area is 461 Å². The Bertz CT molecular complexity index is 1240. The molecule has 0 aliphatic rings. The van der Waals surface area contributed by atoms with Crippen LogP contribution in [-0.4, -0.2) is 37.2 Å². The van der Waals surface area contributed by atoms with E-state index in [0.717, 1.165) is 77.0 Å². The maximum Gasteiger partial charge on any atom is 0.306 e. The Morgan fingerprint density at radius 3 is 0.784 bits per heavy atom. The van der Waals surface area contributed by atoms with E-state index in [1.54, 1.807) is 0 Å². The first-order chi connectivity index (χ1) is 36.5. The van der Waals surface area contributed by atoms with Gasteiger partial charge in [-0.05, 0) is 77.0 Å². The molecule has 1 unspecified atom stereocenters. The summed E-state index contributed by atoms with van der Waals surface area (Å²) in [5.74, 6) is -0.866. The first-order valence-electron chi connectivity index (χ1n) is 33.0. The van der Waals surface area contributed by atoms with Crippen molar-refractivity contribution < 1.29 is 28.6 Å². The van der Waals surface area contributed by atoms with Gasteiger partial charge in [-0.3, -0.25) is 14.4 Å². The highest BCUT2D eigenvalue weighted by atomic mass is 16.6. The highest BCUT2D eigenvalue weighted by Gasteiger charge is 2.19. The Hall–Kier alpha value is -2.37. The van der Waals surface area contributed by atoms with E-state index in [0.29, 0.717) is 19.3 Å². The van der Waals surface area contributed by atoms with Crippen molar-refractivity contribution in [3.05, 3.63) is 36.5 Å². The summed E-state index contributed by atoms with van der Waals surface area (Å²) in [4.78, 5) is 38.3. The second kappa shape index (κ2) is 63.2. The summed E-state index contributed by atoms with van der Waals surface area (Å²) in [6, 6.07) is 0. The smallest absolute Gasteiger partial charge is 0.306 e. The van der Waals surface area contributed by atoms with Gasteiger partial charge in [0.15, 0.2) is 6.10 Å². The predicted molar refractivity (Wildman–Crippen MR) is 321 cm³/mol. The van der Waals surface area contributed by atoms with Crippen LogP contribution in [0.4, 0.5) is 0 Å². The molecule has 0 aromatic heterocycles. The number of hydrogen-bond acceptors (Lipinski definition) is 6. The molecule has 0 heterocycles. The number of unbranched alkanes of at least 4 members (excludes halogenated alkanes) is 44. The minimum atomic E-state index is -0.778. The molecule has 74 heavy (non-hydrogen) atoms. The van der Waals surface area contributed by atoms with Gasteiger partial charge in [0.05, 0.1) is 0 Å². The van der Waals surface area contributed by atoms with Gasteiger partial charge in [0, 0.05) is 19.3 Å². The van der Waals surface area contributed by atoms with Gasteiger partial charge in [-0.25, -0.2) is 0 Å². The molecule has 0 aliphatic heterocycles. The number of carbonyl (C=O) groups excluding carboxylic acids is 3. The zero-order chi connectivity index (χ0) is 53.6. The van der Waals surface area contributed by atoms with E-state index in [9.17, 15) is 14.4 Å². The van der Waals surface area contributed by atoms with Crippen LogP contribution in [0.25, 0.3) is 0 Å². The van der Waals surface area contributed by atoms with Crippen LogP contribution in [0, 0.1) is 0 Å². The van der Waals surface area contributed by atoms with E-state index in [4.69, 9.17) is 14.2 Å². The zero-order valence-corrected chi connectivity index (χ0v) is 49.9. The molecule has 0 saturated heterocycles. The van der Waals surface area contributed by atoms with Crippen molar-refractivity contribution in [2.45, 2.75) is 367 Å². The molecule has 0 bridgehead atoms. The van der Waals surface area contributed by atoms with Gasteiger partial charge in [-0.1, -0.05) is 301 Å². The summed E-state index contributed by atoms with van der Waals surface area (Å²) < 4.78 is 16.9. The summed E-state index contributed by atoms with van der Waals surface area (Å²) in [5, 5.41) is 0. The third kappa shape index (κ3) is 60.5. The number of ether oxygens (including phenoxy) is 3. The lowest BCUT2D eigenvalue weighted by Crippen LogP contribution is -2.30. The third-order valence-corrected chi connectivity index (χ3v) is 14.9. The van der Waals surface area contributed by atoms with E-state index in [1.165, 1.54) is 244 Å². The Morgan fingerprint density at radius 2 is 0.486 bits per heavy atom. The molecule has 6 nitrogen and oxygen atoms in total. The molecule has 0 saturated carbocycles. The SMILES string of the molecule is CCCCC/C=C\C/C=C\CCCCCCCCCC(=O)OC(COC(=O)CCCCCCC/C=C\CCCCCCCCC)COC(=O)CCCCCCCCCCCCCCCCCCCCCCCCC. The van der Waals surface area contributed by atoms with Crippen LogP contribution in [0.5, 0.6) is 0 Å². The minimum absolute atomic E-state index is 0.0738. The minimum Gasteiger partial charge on any atom is -0.462 e. The van der Waals surface area contributed by atoms with Gasteiger partial charge < -0.3 is 14.2 Å². The van der Waals surface area contributed by atoms with Crippen LogP contribution in [-0.2, 0) is 28.6 Å². The summed E-state index contributed by atoms with van der Waals surface area (Å²) in [6.07, 6.45) is 77.2. The molecule has 0 N–H and O–H groups in total. The van der Waals surface area contributed by atoms with E-state index >= 15 is 0 Å². The highest BCUT2D eigenvalue weighted by molar-refractivity contribution is 5.71. The first-order valence-corrected chi connectivity index (χ1v) is 33.0. The standard InChI is InChI=1S/C68H126O6/c1-4-7-10-13-16-19-22-25-28-31-32-33-34-35-36-38-40-43-46-49-52-55-58-61-67(70)73-64-65(63-72-66(69)60-57-54-51-48-45-42-39-30-27-24-21-18-15-12-9-6-3)74-68(71)62-59-56-53-50-47-44-41-37-29-26-23-20-17-14-11-8-5-2/h17,20,26,29-30,39,65H,4-16,18-19,21-25,27-28,31-38,40-64H2,1-3H3/b20-17-,29-26-,39-30-. The Balaban J connectivity index is 4.30. The third-order valence-electron chi connectivity index (χ3n) is 14.9. The van der Waals surface area contributed by atoms with Gasteiger partial charge >= 0.3 is 17.9 Å². The summed E-state index contributed by atoms with van der Waals surface area (Å²) >= 11 is 0. The summed E-state index contributed by atoms with van der Waals surface area (Å²) in [7, 11) is 0. The number of esters is 3. The van der Waals surface area contributed by atoms with Crippen molar-refractivity contribution in [2.75, 3.05) is 13.2 Å². The lowest BCUT2D eigenvalue weighted by molar-refractivity contribution is -0.167. The largest absolute Gasteiger partial charge is 0.462 e. The maximum absolute atomic E-state index is 12.9. The van der Waals surface area contributed by atoms with Crippen molar-refractivity contribution in [2.24, 2.45) is 0 Å². The van der Waals surface area contributed by atoms with Gasteiger partial charge in [0.25, 0.3) is 0 Å². The van der Waals surface area contributed by atoms with Crippen molar-refractivity contribution in [3.8, 4) is 0 Å². The van der Waals surface area contributed by atoms with Gasteiger partial charge in [0.2, 0.25) is 0 Å². The predicted octanol–water partition coefficient (Wildman–Crippen LogP) is 22.4. The molecule has 6 heteroatoms. The lowest BCUT2D eigenvalue weighted by Gasteiger charge is -2.18. The molecule has 0 spiro atoms. The number of allylic oxidation sites excluding steroid dienone is 6. The highest BCUT2D eigenvalue weighted by Crippen LogP contribution is 2.18. The second-order valence-electron chi connectivity index (χ2n) is 22.4. The zero-order valence-electron chi connectivity index (χ0n) is 49.9. The lowest BCUT2D eigenvalue weighted by atomic mass is 10.0. The number of carbonyl (C=O) groups is 3. The van der Waals surface area contributed by atoms with E-state index in [-0.39, 0.29) is 31.1 Å². The molecule has 1 atom stereocenters. The fourth-order valence-electron chi connectivity index (χ4n) is 9.88. The molecule has 434 valence electrons. The van der Waals surface area contributed by atoms with E-state index in [2.05, 4.69) is 57.2 Å². The fraction of sp³-hybridized carbons (Fsp3) is 0.868. The van der Waals surface area contributed by atoms with Gasteiger partial charge in [-0.2, -0.15) is 0 Å². The first kappa shape index (κ1) is 71.6. The van der Waals surface area contributed by atoms with Gasteiger partial charge in [0.1, 0.15) is 13.2 Å². The average Bonchev–Trinajstić information content (AvgIpc) is 3.40.